The third-order valence-corrected chi connectivity index (χ3v) is 4.91. The number of likely N-dealkylation sites (tertiary alicyclic amines) is 1. The molecule has 1 saturated heterocycles. The van der Waals surface area contributed by atoms with Gasteiger partial charge < -0.3 is 15.1 Å². The summed E-state index contributed by atoms with van der Waals surface area (Å²) in [7, 11) is 0. The van der Waals surface area contributed by atoms with Gasteiger partial charge >= 0.3 is 5.97 Å². The summed E-state index contributed by atoms with van der Waals surface area (Å²) in [6, 6.07) is 1.80. The highest BCUT2D eigenvalue weighted by Gasteiger charge is 2.40. The van der Waals surface area contributed by atoms with E-state index in [9.17, 15) is 14.7 Å². The van der Waals surface area contributed by atoms with E-state index in [1.54, 1.807) is 11.0 Å². The Hall–Kier alpha value is -0.920. The number of carboxylic acid groups (broad SMARTS) is 1. The van der Waals surface area contributed by atoms with Gasteiger partial charge in [0.1, 0.15) is 4.88 Å². The highest BCUT2D eigenvalue weighted by Crippen LogP contribution is 2.28. The van der Waals surface area contributed by atoms with E-state index in [0.717, 1.165) is 4.47 Å². The van der Waals surface area contributed by atoms with Gasteiger partial charge in [-0.3, -0.25) is 4.79 Å². The molecule has 0 saturated carbocycles. The van der Waals surface area contributed by atoms with Crippen LogP contribution in [-0.4, -0.2) is 45.7 Å². The number of rotatable bonds is 2. The van der Waals surface area contributed by atoms with Crippen LogP contribution in [0, 0.1) is 0 Å². The standard InChI is InChI=1S/C11H12BrNO4S/c12-7-1-6-18-8(7)9(14)13-4-2-11(17,3-5-13)10(15)16/h1,6,17H,2-5H2,(H,15,16). The van der Waals surface area contributed by atoms with Gasteiger partial charge in [-0.15, -0.1) is 11.3 Å². The molecule has 1 aliphatic heterocycles. The molecule has 2 N–H and O–H groups in total. The van der Waals surface area contributed by atoms with Crippen molar-refractivity contribution < 1.29 is 19.8 Å². The quantitative estimate of drug-likeness (QED) is 0.861. The van der Waals surface area contributed by atoms with Gasteiger partial charge in [0.2, 0.25) is 0 Å². The Morgan fingerprint density at radius 1 is 1.39 bits per heavy atom. The van der Waals surface area contributed by atoms with Crippen LogP contribution in [0.2, 0.25) is 0 Å². The molecule has 0 aliphatic carbocycles. The van der Waals surface area contributed by atoms with Crippen LogP contribution in [0.25, 0.3) is 0 Å². The number of hydrogen-bond donors (Lipinski definition) is 2. The van der Waals surface area contributed by atoms with E-state index < -0.39 is 11.6 Å². The minimum atomic E-state index is -1.69. The molecule has 1 amide bonds. The molecule has 0 atom stereocenters. The lowest BCUT2D eigenvalue weighted by Gasteiger charge is -2.35. The Morgan fingerprint density at radius 2 is 2.00 bits per heavy atom. The maximum Gasteiger partial charge on any atom is 0.335 e. The first-order valence-corrected chi connectivity index (χ1v) is 7.09. The van der Waals surface area contributed by atoms with Crippen LogP contribution >= 0.6 is 27.3 Å². The molecule has 5 nitrogen and oxygen atoms in total. The lowest BCUT2D eigenvalue weighted by Crippen LogP contribution is -2.50. The first kappa shape index (κ1) is 13.5. The van der Waals surface area contributed by atoms with Gasteiger partial charge in [-0.05, 0) is 27.4 Å². The van der Waals surface area contributed by atoms with Gasteiger partial charge in [0.25, 0.3) is 5.91 Å². The highest BCUT2D eigenvalue weighted by atomic mass is 79.9. The monoisotopic (exact) mass is 333 g/mol. The second-order valence-electron chi connectivity index (χ2n) is 4.23. The Morgan fingerprint density at radius 3 is 2.44 bits per heavy atom. The number of carbonyl (C=O) groups excluding carboxylic acids is 1. The number of piperidine rings is 1. The second-order valence-corrected chi connectivity index (χ2v) is 6.00. The molecule has 2 heterocycles. The minimum Gasteiger partial charge on any atom is -0.479 e. The molecule has 1 fully saturated rings. The highest BCUT2D eigenvalue weighted by molar-refractivity contribution is 9.10. The first-order chi connectivity index (χ1) is 8.44. The summed E-state index contributed by atoms with van der Waals surface area (Å²) >= 11 is 4.64. The second kappa shape index (κ2) is 4.99. The van der Waals surface area contributed by atoms with Gasteiger partial charge in [-0.25, -0.2) is 4.79 Å². The summed E-state index contributed by atoms with van der Waals surface area (Å²) < 4.78 is 0.747. The zero-order valence-corrected chi connectivity index (χ0v) is 11.8. The number of aliphatic hydroxyl groups is 1. The molecule has 0 radical (unpaired) electrons. The molecule has 0 unspecified atom stereocenters. The first-order valence-electron chi connectivity index (χ1n) is 5.42. The topological polar surface area (TPSA) is 77.8 Å². The molecule has 0 spiro atoms. The Bertz CT molecular complexity index is 479. The summed E-state index contributed by atoms with van der Waals surface area (Å²) in [4.78, 5) is 25.2. The normalized spacial score (nSPS) is 18.7. The molecule has 0 aromatic carbocycles. The Labute approximate surface area is 116 Å². The summed E-state index contributed by atoms with van der Waals surface area (Å²) in [6.07, 6.45) is 0.133. The molecule has 7 heteroatoms. The number of carboxylic acids is 1. The molecule has 1 aliphatic rings. The lowest BCUT2D eigenvalue weighted by atomic mass is 9.91. The van der Waals surface area contributed by atoms with E-state index in [1.807, 2.05) is 5.38 Å². The van der Waals surface area contributed by atoms with E-state index in [1.165, 1.54) is 11.3 Å². The zero-order valence-electron chi connectivity index (χ0n) is 9.43. The van der Waals surface area contributed by atoms with Gasteiger partial charge in [-0.2, -0.15) is 0 Å². The van der Waals surface area contributed by atoms with Crippen LogP contribution in [0.3, 0.4) is 0 Å². The van der Waals surface area contributed by atoms with Crippen LogP contribution in [0.5, 0.6) is 0 Å². The summed E-state index contributed by atoms with van der Waals surface area (Å²) in [6.45, 7) is 0.512. The zero-order chi connectivity index (χ0) is 13.3. The van der Waals surface area contributed by atoms with Gasteiger partial charge in [-0.1, -0.05) is 0 Å². The average Bonchev–Trinajstić information content (AvgIpc) is 2.75. The third kappa shape index (κ3) is 2.43. The van der Waals surface area contributed by atoms with Crippen LogP contribution in [0.4, 0.5) is 0 Å². The van der Waals surface area contributed by atoms with Crippen molar-refractivity contribution in [3.8, 4) is 0 Å². The number of carbonyl (C=O) groups is 2. The fraction of sp³-hybridized carbons (Fsp3) is 0.455. The van der Waals surface area contributed by atoms with Crippen molar-refractivity contribution in [2.75, 3.05) is 13.1 Å². The number of aliphatic carboxylic acids is 1. The van der Waals surface area contributed by atoms with Crippen molar-refractivity contribution in [1.82, 2.24) is 4.90 Å². The number of nitrogens with zero attached hydrogens (tertiary/aromatic N) is 1. The maximum absolute atomic E-state index is 12.1. The van der Waals surface area contributed by atoms with Gasteiger partial charge in [0.05, 0.1) is 0 Å². The molecule has 1 aromatic heterocycles. The third-order valence-electron chi connectivity index (χ3n) is 3.09. The van der Waals surface area contributed by atoms with Crippen molar-refractivity contribution in [3.63, 3.8) is 0 Å². The van der Waals surface area contributed by atoms with Gasteiger partial charge in [0, 0.05) is 30.4 Å². The Kier molecular flexibility index (Phi) is 3.74. The summed E-state index contributed by atoms with van der Waals surface area (Å²) in [5, 5.41) is 20.5. The van der Waals surface area contributed by atoms with Crippen molar-refractivity contribution >= 4 is 39.1 Å². The molecule has 98 valence electrons. The van der Waals surface area contributed by atoms with Crippen LogP contribution in [-0.2, 0) is 4.79 Å². The minimum absolute atomic E-state index is 0.0665. The van der Waals surface area contributed by atoms with Crippen molar-refractivity contribution in [1.29, 1.82) is 0 Å². The summed E-state index contributed by atoms with van der Waals surface area (Å²) in [5.41, 5.74) is -1.69. The molecule has 2 rings (SSSR count). The number of thiophene rings is 1. The summed E-state index contributed by atoms with van der Waals surface area (Å²) in [5.74, 6) is -1.34. The lowest BCUT2D eigenvalue weighted by molar-refractivity contribution is -0.162. The smallest absolute Gasteiger partial charge is 0.335 e. The molecule has 0 bridgehead atoms. The largest absolute Gasteiger partial charge is 0.479 e. The SMILES string of the molecule is O=C(c1sccc1Br)N1CCC(O)(C(=O)O)CC1. The fourth-order valence-corrected chi connectivity index (χ4v) is 3.39. The van der Waals surface area contributed by atoms with E-state index >= 15 is 0 Å². The van der Waals surface area contributed by atoms with Crippen LogP contribution in [0.15, 0.2) is 15.9 Å². The van der Waals surface area contributed by atoms with Crippen LogP contribution in [0.1, 0.15) is 22.5 Å². The van der Waals surface area contributed by atoms with Crippen molar-refractivity contribution in [2.24, 2.45) is 0 Å². The van der Waals surface area contributed by atoms with E-state index in [4.69, 9.17) is 5.11 Å². The van der Waals surface area contributed by atoms with Crippen molar-refractivity contribution in [2.45, 2.75) is 18.4 Å². The van der Waals surface area contributed by atoms with E-state index in [2.05, 4.69) is 15.9 Å². The van der Waals surface area contributed by atoms with Gasteiger partial charge in [0.15, 0.2) is 5.60 Å². The Balaban J connectivity index is 2.05. The van der Waals surface area contributed by atoms with E-state index in [-0.39, 0.29) is 31.8 Å². The molecule has 18 heavy (non-hydrogen) atoms. The fourth-order valence-electron chi connectivity index (χ4n) is 1.88. The average molecular weight is 334 g/mol. The maximum atomic E-state index is 12.1. The number of amides is 1. The van der Waals surface area contributed by atoms with Crippen molar-refractivity contribution in [3.05, 3.63) is 20.8 Å². The number of hydrogen-bond acceptors (Lipinski definition) is 4. The molecule has 1 aromatic rings. The predicted molar refractivity (Wildman–Crippen MR) is 69.7 cm³/mol. The van der Waals surface area contributed by atoms with E-state index in [0.29, 0.717) is 4.88 Å². The number of halogens is 1. The van der Waals surface area contributed by atoms with Crippen LogP contribution < -0.4 is 0 Å². The molecular weight excluding hydrogens is 322 g/mol. The predicted octanol–water partition coefficient (Wildman–Crippen LogP) is 1.56. The molecular formula is C11H12BrNO4S.